The highest BCUT2D eigenvalue weighted by Gasteiger charge is 2.32. The molecule has 0 heterocycles. The monoisotopic (exact) mass is 309 g/mol. The molecule has 18 heavy (non-hydrogen) atoms. The van der Waals surface area contributed by atoms with Crippen LogP contribution in [0.15, 0.2) is 22.7 Å². The van der Waals surface area contributed by atoms with Crippen LogP contribution in [0.3, 0.4) is 0 Å². The molecule has 2 rings (SSSR count). The third kappa shape index (κ3) is 3.14. The molecule has 1 saturated carbocycles. The molecule has 1 aliphatic carbocycles. The first-order valence-corrected chi connectivity index (χ1v) is 7.50. The van der Waals surface area contributed by atoms with Crippen LogP contribution < -0.4 is 0 Å². The van der Waals surface area contributed by atoms with Gasteiger partial charge in [0.25, 0.3) is 5.91 Å². The lowest BCUT2D eigenvalue weighted by atomic mass is 10.1. The van der Waals surface area contributed by atoms with Gasteiger partial charge < -0.3 is 4.90 Å². The molecule has 0 atom stereocenters. The third-order valence-corrected chi connectivity index (χ3v) is 3.92. The van der Waals surface area contributed by atoms with Crippen LogP contribution >= 0.6 is 15.9 Å². The summed E-state index contributed by atoms with van der Waals surface area (Å²) in [6.45, 7) is 5.07. The van der Waals surface area contributed by atoms with Gasteiger partial charge in [0, 0.05) is 22.6 Å². The number of aryl methyl sites for hydroxylation is 1. The Kier molecular flexibility index (Phi) is 4.44. The van der Waals surface area contributed by atoms with E-state index in [1.807, 2.05) is 25.1 Å². The lowest BCUT2D eigenvalue weighted by Crippen LogP contribution is -2.34. The molecule has 0 spiro atoms. The predicted octanol–water partition coefficient (Wildman–Crippen LogP) is 4.16. The first-order valence-electron chi connectivity index (χ1n) is 6.70. The number of unbranched alkanes of at least 4 members (excludes halogenated alkanes) is 1. The van der Waals surface area contributed by atoms with Crippen molar-refractivity contribution in [1.29, 1.82) is 0 Å². The Morgan fingerprint density at radius 2 is 2.17 bits per heavy atom. The molecule has 0 aromatic heterocycles. The Hall–Kier alpha value is -0.830. The summed E-state index contributed by atoms with van der Waals surface area (Å²) in [5.41, 5.74) is 1.90. The summed E-state index contributed by atoms with van der Waals surface area (Å²) in [4.78, 5) is 14.7. The molecule has 0 N–H and O–H groups in total. The van der Waals surface area contributed by atoms with Gasteiger partial charge in [-0.15, -0.1) is 0 Å². The van der Waals surface area contributed by atoms with Crippen LogP contribution in [0.2, 0.25) is 0 Å². The minimum Gasteiger partial charge on any atom is -0.336 e. The van der Waals surface area contributed by atoms with E-state index in [0.29, 0.717) is 6.04 Å². The summed E-state index contributed by atoms with van der Waals surface area (Å²) in [6.07, 6.45) is 4.56. The number of benzene rings is 1. The first kappa shape index (κ1) is 13.6. The van der Waals surface area contributed by atoms with E-state index < -0.39 is 0 Å². The normalized spacial score (nSPS) is 14.6. The smallest absolute Gasteiger partial charge is 0.254 e. The van der Waals surface area contributed by atoms with E-state index in [1.165, 1.54) is 12.8 Å². The fraction of sp³-hybridized carbons (Fsp3) is 0.533. The average Bonchev–Trinajstić information content (AvgIpc) is 3.17. The molecular weight excluding hydrogens is 290 g/mol. The third-order valence-electron chi connectivity index (χ3n) is 3.43. The molecule has 1 fully saturated rings. The second kappa shape index (κ2) is 5.87. The van der Waals surface area contributed by atoms with Gasteiger partial charge in [-0.25, -0.2) is 0 Å². The minimum absolute atomic E-state index is 0.199. The number of carbonyl (C=O) groups excluding carboxylic acids is 1. The lowest BCUT2D eigenvalue weighted by molar-refractivity contribution is 0.0740. The van der Waals surface area contributed by atoms with Gasteiger partial charge in [0.15, 0.2) is 0 Å². The maximum atomic E-state index is 12.6. The second-order valence-corrected chi connectivity index (χ2v) is 5.96. The van der Waals surface area contributed by atoms with Crippen molar-refractivity contribution in [3.05, 3.63) is 33.8 Å². The quantitative estimate of drug-likeness (QED) is 0.799. The Labute approximate surface area is 117 Å². The maximum absolute atomic E-state index is 12.6. The number of hydrogen-bond acceptors (Lipinski definition) is 1. The highest BCUT2D eigenvalue weighted by atomic mass is 79.9. The van der Waals surface area contributed by atoms with Gasteiger partial charge in [0.05, 0.1) is 0 Å². The van der Waals surface area contributed by atoms with Crippen LogP contribution in [0, 0.1) is 6.92 Å². The minimum atomic E-state index is 0.199. The highest BCUT2D eigenvalue weighted by molar-refractivity contribution is 9.10. The van der Waals surface area contributed by atoms with Crippen molar-refractivity contribution in [2.45, 2.75) is 45.6 Å². The molecule has 0 bridgehead atoms. The van der Waals surface area contributed by atoms with Gasteiger partial charge in [0.1, 0.15) is 0 Å². The van der Waals surface area contributed by atoms with E-state index in [0.717, 1.165) is 35.0 Å². The predicted molar refractivity (Wildman–Crippen MR) is 77.8 cm³/mol. The molecule has 1 aromatic carbocycles. The summed E-state index contributed by atoms with van der Waals surface area (Å²) in [6, 6.07) is 6.42. The van der Waals surface area contributed by atoms with Gasteiger partial charge in [-0.1, -0.05) is 35.3 Å². The molecule has 0 unspecified atom stereocenters. The van der Waals surface area contributed by atoms with Gasteiger partial charge in [-0.05, 0) is 43.9 Å². The molecule has 1 aromatic rings. The van der Waals surface area contributed by atoms with Crippen LogP contribution in [0.1, 0.15) is 48.5 Å². The van der Waals surface area contributed by atoms with Crippen LogP contribution in [0.25, 0.3) is 0 Å². The second-order valence-electron chi connectivity index (χ2n) is 5.04. The van der Waals surface area contributed by atoms with Crippen molar-refractivity contribution in [2.24, 2.45) is 0 Å². The number of hydrogen-bond donors (Lipinski definition) is 0. The number of rotatable bonds is 5. The standard InChI is InChI=1S/C15H20BrNO/c1-3-4-9-17(13-7-8-13)15(18)14-10-12(16)6-5-11(14)2/h5-6,10,13H,3-4,7-9H2,1-2H3. The molecule has 0 radical (unpaired) electrons. The molecule has 2 nitrogen and oxygen atoms in total. The van der Waals surface area contributed by atoms with Crippen LogP contribution in [-0.4, -0.2) is 23.4 Å². The number of amides is 1. The fourth-order valence-electron chi connectivity index (χ4n) is 2.14. The summed E-state index contributed by atoms with van der Waals surface area (Å²) in [7, 11) is 0. The van der Waals surface area contributed by atoms with E-state index in [-0.39, 0.29) is 5.91 Å². The molecule has 3 heteroatoms. The number of nitrogens with zero attached hydrogens (tertiary/aromatic N) is 1. The zero-order valence-corrected chi connectivity index (χ0v) is 12.7. The van der Waals surface area contributed by atoms with Crippen LogP contribution in [0.4, 0.5) is 0 Å². The average molecular weight is 310 g/mol. The van der Waals surface area contributed by atoms with Crippen molar-refractivity contribution >= 4 is 21.8 Å². The lowest BCUT2D eigenvalue weighted by Gasteiger charge is -2.23. The molecule has 0 aliphatic heterocycles. The molecule has 1 aliphatic rings. The highest BCUT2D eigenvalue weighted by Crippen LogP contribution is 2.29. The van der Waals surface area contributed by atoms with E-state index in [2.05, 4.69) is 27.8 Å². The summed E-state index contributed by atoms with van der Waals surface area (Å²) < 4.78 is 0.975. The van der Waals surface area contributed by atoms with Gasteiger partial charge >= 0.3 is 0 Å². The number of carbonyl (C=O) groups is 1. The van der Waals surface area contributed by atoms with Gasteiger partial charge in [-0.3, -0.25) is 4.79 Å². The fourth-order valence-corrected chi connectivity index (χ4v) is 2.51. The van der Waals surface area contributed by atoms with Crippen molar-refractivity contribution in [1.82, 2.24) is 4.90 Å². The Morgan fingerprint density at radius 3 is 2.78 bits per heavy atom. The molecule has 0 saturated heterocycles. The zero-order valence-electron chi connectivity index (χ0n) is 11.1. The number of halogens is 1. The van der Waals surface area contributed by atoms with Crippen LogP contribution in [0.5, 0.6) is 0 Å². The first-order chi connectivity index (χ1) is 8.63. The Balaban J connectivity index is 2.19. The largest absolute Gasteiger partial charge is 0.336 e. The van der Waals surface area contributed by atoms with Crippen molar-refractivity contribution in [3.8, 4) is 0 Å². The van der Waals surface area contributed by atoms with E-state index in [1.54, 1.807) is 0 Å². The SMILES string of the molecule is CCCCN(C(=O)c1cc(Br)ccc1C)C1CC1. The van der Waals surface area contributed by atoms with E-state index in [4.69, 9.17) is 0 Å². The Bertz CT molecular complexity index is 440. The van der Waals surface area contributed by atoms with Crippen molar-refractivity contribution in [3.63, 3.8) is 0 Å². The molecular formula is C15H20BrNO. The Morgan fingerprint density at radius 1 is 1.44 bits per heavy atom. The maximum Gasteiger partial charge on any atom is 0.254 e. The zero-order chi connectivity index (χ0) is 13.1. The summed E-state index contributed by atoms with van der Waals surface area (Å²) in [5, 5.41) is 0. The van der Waals surface area contributed by atoms with Crippen molar-refractivity contribution in [2.75, 3.05) is 6.54 Å². The molecule has 1 amide bonds. The van der Waals surface area contributed by atoms with E-state index in [9.17, 15) is 4.79 Å². The topological polar surface area (TPSA) is 20.3 Å². The summed E-state index contributed by atoms with van der Waals surface area (Å²) in [5.74, 6) is 0.199. The van der Waals surface area contributed by atoms with Gasteiger partial charge in [-0.2, -0.15) is 0 Å². The van der Waals surface area contributed by atoms with Crippen molar-refractivity contribution < 1.29 is 4.79 Å². The summed E-state index contributed by atoms with van der Waals surface area (Å²) >= 11 is 3.45. The van der Waals surface area contributed by atoms with Crippen LogP contribution in [-0.2, 0) is 0 Å². The van der Waals surface area contributed by atoms with E-state index >= 15 is 0 Å². The molecule has 98 valence electrons. The van der Waals surface area contributed by atoms with Gasteiger partial charge in [0.2, 0.25) is 0 Å².